The molecule has 1 amide bonds. The van der Waals surface area contributed by atoms with Crippen molar-refractivity contribution in [2.24, 2.45) is 5.73 Å². The summed E-state index contributed by atoms with van der Waals surface area (Å²) in [5.74, 6) is 0.0451. The predicted molar refractivity (Wildman–Crippen MR) is 76.7 cm³/mol. The Kier molecular flexibility index (Phi) is 6.53. The van der Waals surface area contributed by atoms with Gasteiger partial charge in [-0.15, -0.1) is 0 Å². The minimum atomic E-state index is -0.248. The third-order valence-corrected chi connectivity index (χ3v) is 2.93. The molecule has 0 aliphatic carbocycles. The van der Waals surface area contributed by atoms with Crippen LogP contribution in [0.15, 0.2) is 30.3 Å². The van der Waals surface area contributed by atoms with Crippen LogP contribution in [0.3, 0.4) is 0 Å². The van der Waals surface area contributed by atoms with Gasteiger partial charge >= 0.3 is 0 Å². The molecule has 0 saturated carbocycles. The Morgan fingerprint density at radius 3 is 2.53 bits per heavy atom. The fraction of sp³-hybridized carbons (Fsp3) is 0.533. The molecular weight excluding hydrogens is 240 g/mol. The number of carbonyl (C=O) groups is 1. The normalized spacial score (nSPS) is 12.5. The Hall–Kier alpha value is -1.39. The third-order valence-electron chi connectivity index (χ3n) is 2.93. The van der Waals surface area contributed by atoms with Gasteiger partial charge < -0.3 is 15.4 Å². The van der Waals surface area contributed by atoms with Gasteiger partial charge in [0.15, 0.2) is 0 Å². The number of hydrogen-bond acceptors (Lipinski definition) is 3. The summed E-state index contributed by atoms with van der Waals surface area (Å²) < 4.78 is 5.43. The van der Waals surface area contributed by atoms with Gasteiger partial charge in [-0.2, -0.15) is 0 Å². The van der Waals surface area contributed by atoms with Crippen molar-refractivity contribution in [1.29, 1.82) is 0 Å². The number of nitrogens with two attached hydrogens (primary N) is 1. The molecule has 0 spiro atoms. The van der Waals surface area contributed by atoms with Gasteiger partial charge in [-0.1, -0.05) is 30.3 Å². The molecule has 0 aliphatic heterocycles. The molecule has 1 rings (SSSR count). The van der Waals surface area contributed by atoms with Crippen molar-refractivity contribution in [3.8, 4) is 0 Å². The maximum Gasteiger partial charge on any atom is 0.224 e. The van der Waals surface area contributed by atoms with Crippen LogP contribution in [0.1, 0.15) is 31.9 Å². The van der Waals surface area contributed by atoms with Crippen LogP contribution in [-0.2, 0) is 9.53 Å². The summed E-state index contributed by atoms with van der Waals surface area (Å²) in [4.78, 5) is 13.7. The maximum absolute atomic E-state index is 12.0. The number of carbonyl (C=O) groups excluding carboxylic acids is 1. The van der Waals surface area contributed by atoms with E-state index in [4.69, 9.17) is 10.5 Å². The number of amides is 1. The summed E-state index contributed by atoms with van der Waals surface area (Å²) in [6.07, 6.45) is 0.512. The molecule has 0 aromatic heterocycles. The van der Waals surface area contributed by atoms with Gasteiger partial charge in [0.25, 0.3) is 0 Å². The first kappa shape index (κ1) is 15.7. The van der Waals surface area contributed by atoms with Gasteiger partial charge in [0, 0.05) is 26.1 Å². The van der Waals surface area contributed by atoms with Crippen LogP contribution in [0.5, 0.6) is 0 Å². The number of ether oxygens (including phenoxy) is 1. The Balaban J connectivity index is 2.37. The van der Waals surface area contributed by atoms with Gasteiger partial charge in [0.1, 0.15) is 0 Å². The number of likely N-dealkylation sites (N-methyl/N-ethyl adjacent to an activating group) is 1. The quantitative estimate of drug-likeness (QED) is 0.819. The SMILES string of the molecule is CC(C)OCCN(C)C(=O)CC(N)c1ccccc1. The van der Waals surface area contributed by atoms with E-state index in [1.54, 1.807) is 11.9 Å². The molecule has 0 fully saturated rings. The van der Waals surface area contributed by atoms with Crippen LogP contribution in [0.2, 0.25) is 0 Å². The molecule has 4 nitrogen and oxygen atoms in total. The van der Waals surface area contributed by atoms with Gasteiger partial charge in [0.2, 0.25) is 5.91 Å². The van der Waals surface area contributed by atoms with Crippen LogP contribution < -0.4 is 5.73 Å². The van der Waals surface area contributed by atoms with Crippen molar-refractivity contribution < 1.29 is 9.53 Å². The standard InChI is InChI=1S/C15H24N2O2/c1-12(2)19-10-9-17(3)15(18)11-14(16)13-7-5-4-6-8-13/h4-8,12,14H,9-11,16H2,1-3H3. The molecule has 1 unspecified atom stereocenters. The number of rotatable bonds is 7. The molecule has 4 heteroatoms. The van der Waals surface area contributed by atoms with Crippen LogP contribution >= 0.6 is 0 Å². The second-order valence-corrected chi connectivity index (χ2v) is 4.96. The molecule has 1 atom stereocenters. The summed E-state index contributed by atoms with van der Waals surface area (Å²) in [5.41, 5.74) is 7.02. The Morgan fingerprint density at radius 2 is 1.95 bits per heavy atom. The Labute approximate surface area is 115 Å². The summed E-state index contributed by atoms with van der Waals surface area (Å²) in [5, 5.41) is 0. The molecule has 0 radical (unpaired) electrons. The fourth-order valence-electron chi connectivity index (χ4n) is 1.71. The molecular formula is C15H24N2O2. The van der Waals surface area contributed by atoms with Crippen LogP contribution in [0.25, 0.3) is 0 Å². The van der Waals surface area contributed by atoms with E-state index < -0.39 is 0 Å². The first-order chi connectivity index (χ1) is 9.00. The smallest absolute Gasteiger partial charge is 0.224 e. The lowest BCUT2D eigenvalue weighted by Crippen LogP contribution is -2.33. The molecule has 0 heterocycles. The van der Waals surface area contributed by atoms with E-state index >= 15 is 0 Å². The lowest BCUT2D eigenvalue weighted by atomic mass is 10.0. The lowest BCUT2D eigenvalue weighted by Gasteiger charge is -2.20. The highest BCUT2D eigenvalue weighted by molar-refractivity contribution is 5.76. The largest absolute Gasteiger partial charge is 0.377 e. The van der Waals surface area contributed by atoms with E-state index in [2.05, 4.69) is 0 Å². The molecule has 1 aromatic rings. The van der Waals surface area contributed by atoms with E-state index in [9.17, 15) is 4.79 Å². The minimum Gasteiger partial charge on any atom is -0.377 e. The molecule has 0 aliphatic rings. The highest BCUT2D eigenvalue weighted by Crippen LogP contribution is 2.14. The highest BCUT2D eigenvalue weighted by Gasteiger charge is 2.14. The van der Waals surface area contributed by atoms with Gasteiger partial charge in [-0.05, 0) is 19.4 Å². The first-order valence-corrected chi connectivity index (χ1v) is 6.66. The number of benzene rings is 1. The average molecular weight is 264 g/mol. The number of hydrogen-bond donors (Lipinski definition) is 1. The summed E-state index contributed by atoms with van der Waals surface area (Å²) >= 11 is 0. The molecule has 1 aromatic carbocycles. The minimum absolute atomic E-state index is 0.0451. The van der Waals surface area contributed by atoms with Crippen molar-refractivity contribution in [3.05, 3.63) is 35.9 Å². The van der Waals surface area contributed by atoms with E-state index in [0.717, 1.165) is 5.56 Å². The topological polar surface area (TPSA) is 55.6 Å². The third kappa shape index (κ3) is 5.85. The lowest BCUT2D eigenvalue weighted by molar-refractivity contribution is -0.131. The van der Waals surface area contributed by atoms with Crippen molar-refractivity contribution in [1.82, 2.24) is 4.90 Å². The number of nitrogens with zero attached hydrogens (tertiary/aromatic N) is 1. The first-order valence-electron chi connectivity index (χ1n) is 6.66. The summed E-state index contributed by atoms with van der Waals surface area (Å²) in [6.45, 7) is 5.11. The Bertz CT molecular complexity index is 379. The monoisotopic (exact) mass is 264 g/mol. The molecule has 2 N–H and O–H groups in total. The van der Waals surface area contributed by atoms with Crippen molar-refractivity contribution in [2.45, 2.75) is 32.4 Å². The fourth-order valence-corrected chi connectivity index (χ4v) is 1.71. The molecule has 19 heavy (non-hydrogen) atoms. The second kappa shape index (κ2) is 7.92. The van der Waals surface area contributed by atoms with Crippen LogP contribution in [0.4, 0.5) is 0 Å². The summed E-state index contributed by atoms with van der Waals surface area (Å²) in [6, 6.07) is 9.44. The van der Waals surface area contributed by atoms with Crippen molar-refractivity contribution >= 4 is 5.91 Å². The molecule has 0 bridgehead atoms. The zero-order valence-corrected chi connectivity index (χ0v) is 12.0. The van der Waals surface area contributed by atoms with E-state index in [0.29, 0.717) is 19.6 Å². The predicted octanol–water partition coefficient (Wildman–Crippen LogP) is 1.96. The van der Waals surface area contributed by atoms with Gasteiger partial charge in [-0.3, -0.25) is 4.79 Å². The maximum atomic E-state index is 12.0. The highest BCUT2D eigenvalue weighted by atomic mass is 16.5. The van der Waals surface area contributed by atoms with Crippen LogP contribution in [0, 0.1) is 0 Å². The second-order valence-electron chi connectivity index (χ2n) is 4.96. The Morgan fingerprint density at radius 1 is 1.32 bits per heavy atom. The van der Waals surface area contributed by atoms with E-state index in [1.165, 1.54) is 0 Å². The van der Waals surface area contributed by atoms with Crippen molar-refractivity contribution in [3.63, 3.8) is 0 Å². The van der Waals surface area contributed by atoms with Crippen molar-refractivity contribution in [2.75, 3.05) is 20.2 Å². The van der Waals surface area contributed by atoms with E-state index in [-0.39, 0.29) is 18.1 Å². The molecule has 106 valence electrons. The molecule has 0 saturated heterocycles. The zero-order valence-electron chi connectivity index (χ0n) is 12.0. The zero-order chi connectivity index (χ0) is 14.3. The van der Waals surface area contributed by atoms with E-state index in [1.807, 2.05) is 44.2 Å². The van der Waals surface area contributed by atoms with Gasteiger partial charge in [-0.25, -0.2) is 0 Å². The van der Waals surface area contributed by atoms with Crippen LogP contribution in [-0.4, -0.2) is 37.1 Å². The van der Waals surface area contributed by atoms with Gasteiger partial charge in [0.05, 0.1) is 12.7 Å². The summed E-state index contributed by atoms with van der Waals surface area (Å²) in [7, 11) is 1.78. The average Bonchev–Trinajstić information content (AvgIpc) is 2.39.